The molecule has 0 radical (unpaired) electrons. The third-order valence-electron chi connectivity index (χ3n) is 6.52. The van der Waals surface area contributed by atoms with Crippen LogP contribution in [0.1, 0.15) is 57.6 Å². The Kier molecular flexibility index (Phi) is 7.93. The molecule has 0 spiro atoms. The molecule has 3 rings (SSSR count). The normalized spacial score (nSPS) is 22.0. The second-order valence-electron chi connectivity index (χ2n) is 8.68. The van der Waals surface area contributed by atoms with Crippen LogP contribution in [0.15, 0.2) is 24.3 Å². The van der Waals surface area contributed by atoms with E-state index < -0.39 is 0 Å². The number of piperidine rings is 1. The fraction of sp³-hybridized carbons (Fsp3) is 0.625. The van der Waals surface area contributed by atoms with Gasteiger partial charge in [-0.15, -0.1) is 0 Å². The first-order valence-electron chi connectivity index (χ1n) is 11.4. The second-order valence-corrected chi connectivity index (χ2v) is 8.68. The first-order chi connectivity index (χ1) is 14.9. The van der Waals surface area contributed by atoms with Gasteiger partial charge in [-0.2, -0.15) is 0 Å². The van der Waals surface area contributed by atoms with Crippen molar-refractivity contribution in [2.45, 2.75) is 52.0 Å². The molecule has 2 fully saturated rings. The summed E-state index contributed by atoms with van der Waals surface area (Å²) in [5.74, 6) is 0.926. The first kappa shape index (κ1) is 23.1. The van der Waals surface area contributed by atoms with Gasteiger partial charge in [0.25, 0.3) is 0 Å². The number of amides is 3. The lowest BCUT2D eigenvalue weighted by atomic mass is 9.90. The van der Waals surface area contributed by atoms with Crippen LogP contribution in [0.4, 0.5) is 0 Å². The fourth-order valence-corrected chi connectivity index (χ4v) is 4.70. The van der Waals surface area contributed by atoms with Crippen LogP contribution >= 0.6 is 0 Å². The Balaban J connectivity index is 1.73. The maximum atomic E-state index is 13.5. The Morgan fingerprint density at radius 1 is 1.16 bits per heavy atom. The third-order valence-corrected chi connectivity index (χ3v) is 6.52. The summed E-state index contributed by atoms with van der Waals surface area (Å²) in [6.07, 6.45) is 3.94. The standard InChI is InChI=1S/C24H35N3O4/c1-4-5-12-27-22(29)15-21(23(27)19-6-8-20(31-3)9-7-19)24(30)26-13-10-18(11-14-26)16-25-17(2)28/h6-9,18,21,23H,4-5,10-16H2,1-3H3,(H,25,28). The van der Waals surface area contributed by atoms with E-state index in [1.165, 1.54) is 6.92 Å². The average Bonchev–Trinajstić information content (AvgIpc) is 3.12. The fourth-order valence-electron chi connectivity index (χ4n) is 4.70. The summed E-state index contributed by atoms with van der Waals surface area (Å²) in [4.78, 5) is 41.4. The predicted molar refractivity (Wildman–Crippen MR) is 118 cm³/mol. The molecular formula is C24H35N3O4. The molecule has 0 bridgehead atoms. The van der Waals surface area contributed by atoms with Crippen molar-refractivity contribution in [1.82, 2.24) is 15.1 Å². The van der Waals surface area contributed by atoms with Gasteiger partial charge in [0, 0.05) is 39.5 Å². The molecule has 1 N–H and O–H groups in total. The highest BCUT2D eigenvalue weighted by atomic mass is 16.5. The number of carbonyl (C=O) groups excluding carboxylic acids is 3. The number of nitrogens with zero attached hydrogens (tertiary/aromatic N) is 2. The molecular weight excluding hydrogens is 394 g/mol. The maximum Gasteiger partial charge on any atom is 0.228 e. The molecule has 170 valence electrons. The smallest absolute Gasteiger partial charge is 0.228 e. The molecule has 0 saturated carbocycles. The SMILES string of the molecule is CCCCN1C(=O)CC(C(=O)N2CCC(CNC(C)=O)CC2)C1c1ccc(OC)cc1. The zero-order valence-electron chi connectivity index (χ0n) is 18.9. The molecule has 2 saturated heterocycles. The van der Waals surface area contributed by atoms with Crippen LogP contribution in [0.25, 0.3) is 0 Å². The van der Waals surface area contributed by atoms with Gasteiger partial charge in [-0.05, 0) is 42.9 Å². The number of likely N-dealkylation sites (tertiary alicyclic amines) is 2. The number of rotatable bonds is 8. The molecule has 1 aromatic rings. The lowest BCUT2D eigenvalue weighted by Crippen LogP contribution is -2.45. The molecule has 3 amide bonds. The molecule has 0 aromatic heterocycles. The van der Waals surface area contributed by atoms with Crippen LogP contribution < -0.4 is 10.1 Å². The molecule has 2 aliphatic rings. The summed E-state index contributed by atoms with van der Waals surface area (Å²) in [5, 5.41) is 2.88. The van der Waals surface area contributed by atoms with E-state index in [2.05, 4.69) is 12.2 Å². The molecule has 0 aliphatic carbocycles. The highest BCUT2D eigenvalue weighted by Crippen LogP contribution is 2.40. The van der Waals surface area contributed by atoms with Crippen LogP contribution in [0.3, 0.4) is 0 Å². The predicted octanol–water partition coefficient (Wildman–Crippen LogP) is 2.76. The van der Waals surface area contributed by atoms with Gasteiger partial charge in [-0.25, -0.2) is 0 Å². The van der Waals surface area contributed by atoms with Crippen LogP contribution in [0.2, 0.25) is 0 Å². The molecule has 2 atom stereocenters. The van der Waals surface area contributed by atoms with Gasteiger partial charge < -0.3 is 19.9 Å². The lowest BCUT2D eigenvalue weighted by molar-refractivity contribution is -0.138. The van der Waals surface area contributed by atoms with Gasteiger partial charge in [-0.3, -0.25) is 14.4 Å². The number of methoxy groups -OCH3 is 1. The van der Waals surface area contributed by atoms with Crippen molar-refractivity contribution < 1.29 is 19.1 Å². The van der Waals surface area contributed by atoms with E-state index in [4.69, 9.17) is 4.74 Å². The number of hydrogen-bond acceptors (Lipinski definition) is 4. The van der Waals surface area contributed by atoms with Gasteiger partial charge in [0.15, 0.2) is 0 Å². The Labute approximate surface area is 185 Å². The highest BCUT2D eigenvalue weighted by Gasteiger charge is 2.45. The molecule has 2 unspecified atom stereocenters. The number of benzene rings is 1. The van der Waals surface area contributed by atoms with Crippen LogP contribution in [0, 0.1) is 11.8 Å². The van der Waals surface area contributed by atoms with Crippen molar-refractivity contribution in [3.05, 3.63) is 29.8 Å². The largest absolute Gasteiger partial charge is 0.497 e. The van der Waals surface area contributed by atoms with Gasteiger partial charge >= 0.3 is 0 Å². The molecule has 7 nitrogen and oxygen atoms in total. The van der Waals surface area contributed by atoms with E-state index in [0.29, 0.717) is 32.1 Å². The Hall–Kier alpha value is -2.57. The van der Waals surface area contributed by atoms with Crippen molar-refractivity contribution in [2.24, 2.45) is 11.8 Å². The van der Waals surface area contributed by atoms with E-state index in [1.54, 1.807) is 7.11 Å². The minimum absolute atomic E-state index is 0.0162. The van der Waals surface area contributed by atoms with E-state index in [1.807, 2.05) is 34.1 Å². The topological polar surface area (TPSA) is 79.0 Å². The summed E-state index contributed by atoms with van der Waals surface area (Å²) in [5.41, 5.74) is 0.988. The Bertz CT molecular complexity index is 772. The quantitative estimate of drug-likeness (QED) is 0.689. The molecule has 2 aliphatic heterocycles. The van der Waals surface area contributed by atoms with Crippen molar-refractivity contribution in [3.8, 4) is 5.75 Å². The third kappa shape index (κ3) is 5.57. The van der Waals surface area contributed by atoms with Crippen LogP contribution in [-0.2, 0) is 14.4 Å². The highest BCUT2D eigenvalue weighted by molar-refractivity contribution is 5.90. The van der Waals surface area contributed by atoms with Gasteiger partial charge in [-0.1, -0.05) is 25.5 Å². The summed E-state index contributed by atoms with van der Waals surface area (Å²) in [7, 11) is 1.63. The number of carbonyl (C=O) groups is 3. The second kappa shape index (κ2) is 10.6. The van der Waals surface area contributed by atoms with Gasteiger partial charge in [0.1, 0.15) is 5.75 Å². The van der Waals surface area contributed by atoms with Gasteiger partial charge in [0.05, 0.1) is 19.1 Å². The summed E-state index contributed by atoms with van der Waals surface area (Å²) >= 11 is 0. The van der Waals surface area contributed by atoms with E-state index in [-0.39, 0.29) is 36.1 Å². The zero-order chi connectivity index (χ0) is 22.4. The van der Waals surface area contributed by atoms with E-state index in [9.17, 15) is 14.4 Å². The number of unbranched alkanes of at least 4 members (excludes halogenated alkanes) is 1. The number of ether oxygens (including phenoxy) is 1. The Morgan fingerprint density at radius 3 is 2.42 bits per heavy atom. The maximum absolute atomic E-state index is 13.5. The van der Waals surface area contributed by atoms with Crippen LogP contribution in [0.5, 0.6) is 5.75 Å². The monoisotopic (exact) mass is 429 g/mol. The summed E-state index contributed by atoms with van der Waals surface area (Å²) in [6, 6.07) is 7.51. The number of nitrogens with one attached hydrogen (secondary N) is 1. The molecule has 2 heterocycles. The van der Waals surface area contributed by atoms with Crippen LogP contribution in [-0.4, -0.2) is 60.8 Å². The average molecular weight is 430 g/mol. The van der Waals surface area contributed by atoms with Crippen molar-refractivity contribution in [3.63, 3.8) is 0 Å². The molecule has 7 heteroatoms. The molecule has 1 aromatic carbocycles. The number of hydrogen-bond donors (Lipinski definition) is 1. The lowest BCUT2D eigenvalue weighted by Gasteiger charge is -2.35. The Morgan fingerprint density at radius 2 is 1.84 bits per heavy atom. The molecule has 31 heavy (non-hydrogen) atoms. The van der Waals surface area contributed by atoms with Crippen molar-refractivity contribution in [1.29, 1.82) is 0 Å². The minimum atomic E-state index is -0.357. The summed E-state index contributed by atoms with van der Waals surface area (Å²) < 4.78 is 5.28. The van der Waals surface area contributed by atoms with Crippen molar-refractivity contribution in [2.75, 3.05) is 33.3 Å². The zero-order valence-corrected chi connectivity index (χ0v) is 18.9. The van der Waals surface area contributed by atoms with Gasteiger partial charge in [0.2, 0.25) is 17.7 Å². The first-order valence-corrected chi connectivity index (χ1v) is 11.4. The van der Waals surface area contributed by atoms with E-state index >= 15 is 0 Å². The minimum Gasteiger partial charge on any atom is -0.497 e. The van der Waals surface area contributed by atoms with Crippen molar-refractivity contribution >= 4 is 17.7 Å². The summed E-state index contributed by atoms with van der Waals surface area (Å²) in [6.45, 7) is 6.33. The van der Waals surface area contributed by atoms with E-state index in [0.717, 1.165) is 37.0 Å².